The van der Waals surface area contributed by atoms with Crippen molar-refractivity contribution in [1.29, 1.82) is 0 Å². The highest BCUT2D eigenvalue weighted by Crippen LogP contribution is 2.25. The fourth-order valence-electron chi connectivity index (χ4n) is 2.50. The van der Waals surface area contributed by atoms with E-state index in [9.17, 15) is 9.59 Å². The quantitative estimate of drug-likeness (QED) is 0.867. The van der Waals surface area contributed by atoms with Crippen LogP contribution in [0.25, 0.3) is 0 Å². The van der Waals surface area contributed by atoms with Gasteiger partial charge in [-0.05, 0) is 37.1 Å². The molecule has 0 atom stereocenters. The number of carbonyl (C=O) groups is 2. The number of likely N-dealkylation sites (N-methyl/N-ethyl adjacent to an activating group) is 1. The van der Waals surface area contributed by atoms with Crippen LogP contribution >= 0.6 is 0 Å². The highest BCUT2D eigenvalue weighted by molar-refractivity contribution is 5.88. The van der Waals surface area contributed by atoms with Crippen molar-refractivity contribution < 1.29 is 14.7 Å². The topological polar surface area (TPSA) is 60.9 Å². The van der Waals surface area contributed by atoms with E-state index >= 15 is 0 Å². The summed E-state index contributed by atoms with van der Waals surface area (Å²) >= 11 is 0. The van der Waals surface area contributed by atoms with Crippen LogP contribution in [0, 0.1) is 0 Å². The van der Waals surface area contributed by atoms with E-state index in [4.69, 9.17) is 5.11 Å². The molecule has 1 aromatic rings. The average molecular weight is 288 g/mol. The normalized spacial score (nSPS) is 13.0. The number of nitrogens with zero attached hydrogens (tertiary/aromatic N) is 2. The molecule has 0 bridgehead atoms. The Hall–Kier alpha value is -2.30. The predicted molar refractivity (Wildman–Crippen MR) is 80.1 cm³/mol. The van der Waals surface area contributed by atoms with Gasteiger partial charge in [0.25, 0.3) is 0 Å². The molecule has 0 spiro atoms. The van der Waals surface area contributed by atoms with Crippen molar-refractivity contribution in [1.82, 2.24) is 9.80 Å². The van der Waals surface area contributed by atoms with Gasteiger partial charge in [0.2, 0.25) is 0 Å². The minimum atomic E-state index is -0.944. The van der Waals surface area contributed by atoms with E-state index < -0.39 is 5.97 Å². The van der Waals surface area contributed by atoms with Gasteiger partial charge in [-0.25, -0.2) is 9.59 Å². The van der Waals surface area contributed by atoms with Crippen LogP contribution in [0.5, 0.6) is 0 Å². The van der Waals surface area contributed by atoms with E-state index in [0.29, 0.717) is 26.2 Å². The van der Waals surface area contributed by atoms with Crippen LogP contribution in [-0.4, -0.2) is 40.0 Å². The number of hydrogen-bond donors (Lipinski definition) is 1. The fourth-order valence-corrected chi connectivity index (χ4v) is 2.50. The molecule has 1 N–H and O–H groups in total. The van der Waals surface area contributed by atoms with Gasteiger partial charge < -0.3 is 14.9 Å². The molecular formula is C16H20N2O3. The highest BCUT2D eigenvalue weighted by Gasteiger charge is 2.27. The molecule has 0 aliphatic carbocycles. The lowest BCUT2D eigenvalue weighted by molar-refractivity contribution is 0.0696. The molecule has 5 heteroatoms. The number of fused-ring (bicyclic) bond motifs is 1. The van der Waals surface area contributed by atoms with Crippen LogP contribution < -0.4 is 0 Å². The number of benzene rings is 1. The Kier molecular flexibility index (Phi) is 4.31. The maximum atomic E-state index is 12.5. The van der Waals surface area contributed by atoms with Gasteiger partial charge in [-0.2, -0.15) is 0 Å². The molecule has 1 heterocycles. The highest BCUT2D eigenvalue weighted by atomic mass is 16.4. The number of carboxylic acid groups (broad SMARTS) is 1. The summed E-state index contributed by atoms with van der Waals surface area (Å²) in [5.41, 5.74) is 3.13. The number of rotatable bonds is 4. The van der Waals surface area contributed by atoms with E-state index in [1.54, 1.807) is 28.0 Å². The van der Waals surface area contributed by atoms with Crippen molar-refractivity contribution in [2.45, 2.75) is 26.9 Å². The first-order valence-electron chi connectivity index (χ1n) is 6.95. The van der Waals surface area contributed by atoms with Crippen LogP contribution in [0.1, 0.15) is 35.3 Å². The fraction of sp³-hybridized carbons (Fsp3) is 0.375. The summed E-state index contributed by atoms with van der Waals surface area (Å²) in [6, 6.07) is 5.00. The Morgan fingerprint density at radius 1 is 1.33 bits per heavy atom. The SMILES string of the molecule is C=C(C)CN(CC)C(=O)N1Cc2ccc(C(=O)O)cc2C1. The first kappa shape index (κ1) is 15.1. The summed E-state index contributed by atoms with van der Waals surface area (Å²) in [6.45, 7) is 9.84. The van der Waals surface area contributed by atoms with Crippen LogP contribution in [0.2, 0.25) is 0 Å². The van der Waals surface area contributed by atoms with E-state index in [-0.39, 0.29) is 11.6 Å². The Morgan fingerprint density at radius 3 is 2.57 bits per heavy atom. The minimum absolute atomic E-state index is 0.0337. The Bertz CT molecular complexity index is 595. The van der Waals surface area contributed by atoms with Crippen LogP contribution in [0.3, 0.4) is 0 Å². The summed E-state index contributed by atoms with van der Waals surface area (Å²) in [5.74, 6) is -0.944. The Labute approximate surface area is 124 Å². The largest absolute Gasteiger partial charge is 0.478 e. The van der Waals surface area contributed by atoms with Gasteiger partial charge in [-0.1, -0.05) is 18.2 Å². The smallest absolute Gasteiger partial charge is 0.335 e. The molecule has 0 fully saturated rings. The molecule has 1 aromatic carbocycles. The van der Waals surface area contributed by atoms with Crippen molar-refractivity contribution >= 4 is 12.0 Å². The van der Waals surface area contributed by atoms with Crippen molar-refractivity contribution in [3.05, 3.63) is 47.0 Å². The zero-order valence-corrected chi connectivity index (χ0v) is 12.4. The lowest BCUT2D eigenvalue weighted by Gasteiger charge is -2.27. The van der Waals surface area contributed by atoms with Crippen LogP contribution in [0.4, 0.5) is 4.79 Å². The molecule has 0 saturated carbocycles. The molecule has 2 amide bonds. The van der Waals surface area contributed by atoms with Crippen molar-refractivity contribution in [2.75, 3.05) is 13.1 Å². The number of carboxylic acids is 1. The lowest BCUT2D eigenvalue weighted by Crippen LogP contribution is -2.41. The first-order chi connectivity index (χ1) is 9.92. The second-order valence-electron chi connectivity index (χ2n) is 5.40. The van der Waals surface area contributed by atoms with E-state index in [2.05, 4.69) is 6.58 Å². The van der Waals surface area contributed by atoms with E-state index in [1.165, 1.54) is 0 Å². The third-order valence-electron chi connectivity index (χ3n) is 3.56. The summed E-state index contributed by atoms with van der Waals surface area (Å²) in [5, 5.41) is 9.02. The van der Waals surface area contributed by atoms with Crippen molar-refractivity contribution in [3.63, 3.8) is 0 Å². The average Bonchev–Trinajstić information content (AvgIpc) is 2.86. The van der Waals surface area contributed by atoms with Gasteiger partial charge in [-0.3, -0.25) is 0 Å². The van der Waals surface area contributed by atoms with Gasteiger partial charge in [-0.15, -0.1) is 0 Å². The zero-order chi connectivity index (χ0) is 15.6. The van der Waals surface area contributed by atoms with Crippen molar-refractivity contribution in [3.8, 4) is 0 Å². The predicted octanol–water partition coefficient (Wildman–Crippen LogP) is 2.72. The number of hydrogen-bond acceptors (Lipinski definition) is 2. The molecule has 1 aliphatic heterocycles. The number of urea groups is 1. The van der Waals surface area contributed by atoms with Gasteiger partial charge in [0.15, 0.2) is 0 Å². The standard InChI is InChI=1S/C16H20N2O3/c1-4-17(8-11(2)3)16(21)18-9-13-6-5-12(15(19)20)7-14(13)10-18/h5-7H,2,4,8-10H2,1,3H3,(H,19,20). The molecule has 21 heavy (non-hydrogen) atoms. The molecule has 2 rings (SSSR count). The van der Waals surface area contributed by atoms with Crippen LogP contribution in [-0.2, 0) is 13.1 Å². The minimum Gasteiger partial charge on any atom is -0.478 e. The lowest BCUT2D eigenvalue weighted by atomic mass is 10.1. The summed E-state index contributed by atoms with van der Waals surface area (Å²) in [4.78, 5) is 27.0. The molecule has 0 saturated heterocycles. The van der Waals surface area contributed by atoms with Gasteiger partial charge in [0.1, 0.15) is 0 Å². The maximum absolute atomic E-state index is 12.5. The summed E-state index contributed by atoms with van der Waals surface area (Å²) in [6.07, 6.45) is 0. The molecule has 0 radical (unpaired) electrons. The molecule has 112 valence electrons. The third-order valence-corrected chi connectivity index (χ3v) is 3.56. The Morgan fingerprint density at radius 2 is 2.00 bits per heavy atom. The van der Waals surface area contributed by atoms with Gasteiger partial charge >= 0.3 is 12.0 Å². The second-order valence-corrected chi connectivity index (χ2v) is 5.40. The van der Waals surface area contributed by atoms with E-state index in [0.717, 1.165) is 16.7 Å². The number of carbonyl (C=O) groups excluding carboxylic acids is 1. The molecule has 0 aromatic heterocycles. The molecule has 5 nitrogen and oxygen atoms in total. The third kappa shape index (κ3) is 3.24. The van der Waals surface area contributed by atoms with Gasteiger partial charge in [0, 0.05) is 26.2 Å². The van der Waals surface area contributed by atoms with Crippen LogP contribution in [0.15, 0.2) is 30.4 Å². The summed E-state index contributed by atoms with van der Waals surface area (Å²) < 4.78 is 0. The number of amides is 2. The summed E-state index contributed by atoms with van der Waals surface area (Å²) in [7, 11) is 0. The second kappa shape index (κ2) is 5.99. The Balaban J connectivity index is 2.13. The number of aromatic carboxylic acids is 1. The first-order valence-corrected chi connectivity index (χ1v) is 6.95. The maximum Gasteiger partial charge on any atom is 0.335 e. The van der Waals surface area contributed by atoms with Gasteiger partial charge in [0.05, 0.1) is 5.56 Å². The van der Waals surface area contributed by atoms with E-state index in [1.807, 2.05) is 13.8 Å². The molecule has 1 aliphatic rings. The molecule has 0 unspecified atom stereocenters. The molecular weight excluding hydrogens is 268 g/mol. The zero-order valence-electron chi connectivity index (χ0n) is 12.4. The monoisotopic (exact) mass is 288 g/mol. The van der Waals surface area contributed by atoms with Crippen molar-refractivity contribution in [2.24, 2.45) is 0 Å².